The highest BCUT2D eigenvalue weighted by molar-refractivity contribution is 7.13. The number of hydrogen-bond donors (Lipinski definition) is 1. The Labute approximate surface area is 228 Å². The van der Waals surface area contributed by atoms with Gasteiger partial charge in [0.15, 0.2) is 0 Å². The van der Waals surface area contributed by atoms with Crippen LogP contribution in [0.2, 0.25) is 5.02 Å². The Morgan fingerprint density at radius 3 is 2.49 bits per heavy atom. The van der Waals surface area contributed by atoms with E-state index in [1.165, 1.54) is 11.3 Å². The van der Waals surface area contributed by atoms with E-state index in [4.69, 9.17) is 22.3 Å². The first kappa shape index (κ1) is 27.0. The Morgan fingerprint density at radius 2 is 1.86 bits per heavy atom. The maximum atomic E-state index is 14.0. The predicted octanol–water partition coefficient (Wildman–Crippen LogP) is 6.51. The first-order valence-corrected chi connectivity index (χ1v) is 13.8. The number of aromatic nitrogens is 3. The van der Waals surface area contributed by atoms with Gasteiger partial charge in [0.05, 0.1) is 22.4 Å². The van der Waals surface area contributed by atoms with Gasteiger partial charge in [-0.25, -0.2) is 9.97 Å². The number of carbonyl (C=O) groups is 1. The molecule has 2 aromatic heterocycles. The van der Waals surface area contributed by atoms with Gasteiger partial charge in [-0.15, -0.1) is 11.3 Å². The normalized spacial score (nSPS) is 12.2. The predicted molar refractivity (Wildman–Crippen MR) is 152 cm³/mol. The van der Waals surface area contributed by atoms with E-state index in [9.17, 15) is 4.79 Å². The van der Waals surface area contributed by atoms with Crippen LogP contribution in [0.5, 0.6) is 0 Å². The van der Waals surface area contributed by atoms with Gasteiger partial charge in [-0.3, -0.25) is 4.79 Å². The molecule has 4 rings (SSSR count). The van der Waals surface area contributed by atoms with Gasteiger partial charge >= 0.3 is 0 Å². The minimum atomic E-state index is -0.252. The van der Waals surface area contributed by atoms with Crippen molar-refractivity contribution in [1.29, 1.82) is 0 Å². The fourth-order valence-electron chi connectivity index (χ4n) is 4.65. The van der Waals surface area contributed by atoms with E-state index in [2.05, 4.69) is 41.7 Å². The van der Waals surface area contributed by atoms with E-state index in [1.807, 2.05) is 61.2 Å². The lowest BCUT2D eigenvalue weighted by atomic mass is 10.00. The zero-order chi connectivity index (χ0) is 26.5. The minimum absolute atomic E-state index is 0.0196. The molecule has 194 valence electrons. The van der Waals surface area contributed by atoms with Crippen LogP contribution in [0, 0.1) is 19.8 Å². The highest BCUT2D eigenvalue weighted by Crippen LogP contribution is 2.34. The number of nitrogens with two attached hydrogens (primary N) is 1. The van der Waals surface area contributed by atoms with Crippen molar-refractivity contribution in [1.82, 2.24) is 19.4 Å². The highest BCUT2D eigenvalue weighted by Gasteiger charge is 2.34. The Kier molecular flexibility index (Phi) is 8.79. The van der Waals surface area contributed by atoms with Crippen LogP contribution in [-0.4, -0.2) is 38.4 Å². The van der Waals surface area contributed by atoms with Gasteiger partial charge in [0.25, 0.3) is 5.91 Å². The summed E-state index contributed by atoms with van der Waals surface area (Å²) in [6.45, 7) is 9.79. The summed E-state index contributed by atoms with van der Waals surface area (Å²) < 4.78 is 2.17. The molecule has 37 heavy (non-hydrogen) atoms. The van der Waals surface area contributed by atoms with Crippen LogP contribution < -0.4 is 5.73 Å². The fraction of sp³-hybridized carbons (Fsp3) is 0.345. The van der Waals surface area contributed by atoms with Crippen molar-refractivity contribution in [2.75, 3.05) is 13.1 Å². The number of amides is 1. The molecule has 0 aliphatic carbocycles. The van der Waals surface area contributed by atoms with Crippen molar-refractivity contribution in [2.45, 2.75) is 46.7 Å². The largest absolute Gasteiger partial charge is 0.330 e. The van der Waals surface area contributed by atoms with Gasteiger partial charge in [0.2, 0.25) is 0 Å². The van der Waals surface area contributed by atoms with Gasteiger partial charge in [-0.05, 0) is 50.4 Å². The van der Waals surface area contributed by atoms with E-state index in [0.717, 1.165) is 33.3 Å². The molecular weight excluding hydrogens is 502 g/mol. The first-order chi connectivity index (χ1) is 17.8. The van der Waals surface area contributed by atoms with Gasteiger partial charge in [-0.2, -0.15) is 0 Å². The van der Waals surface area contributed by atoms with Crippen LogP contribution in [0.4, 0.5) is 0 Å². The average Bonchev–Trinajstić information content (AvgIpc) is 3.43. The van der Waals surface area contributed by atoms with Gasteiger partial charge in [0, 0.05) is 29.9 Å². The maximum absolute atomic E-state index is 14.0. The molecule has 1 amide bonds. The summed E-state index contributed by atoms with van der Waals surface area (Å²) in [6, 6.07) is 17.8. The molecule has 0 saturated heterocycles. The lowest BCUT2D eigenvalue weighted by Crippen LogP contribution is -2.40. The molecule has 6 nitrogen and oxygen atoms in total. The zero-order valence-corrected chi connectivity index (χ0v) is 23.4. The summed E-state index contributed by atoms with van der Waals surface area (Å²) in [5.41, 5.74) is 9.61. The number of imidazole rings is 1. The highest BCUT2D eigenvalue weighted by atomic mass is 35.5. The van der Waals surface area contributed by atoms with Crippen LogP contribution >= 0.6 is 22.9 Å². The van der Waals surface area contributed by atoms with E-state index in [0.29, 0.717) is 36.0 Å². The van der Waals surface area contributed by atoms with Gasteiger partial charge in [0.1, 0.15) is 10.7 Å². The Balaban J connectivity index is 1.84. The van der Waals surface area contributed by atoms with Crippen LogP contribution in [0.15, 0.2) is 60.8 Å². The second-order valence-electron chi connectivity index (χ2n) is 9.59. The number of rotatable bonds is 10. The fourth-order valence-corrected chi connectivity index (χ4v) is 5.71. The molecule has 0 aliphatic heterocycles. The Bertz CT molecular complexity index is 1350. The van der Waals surface area contributed by atoms with Crippen molar-refractivity contribution in [3.63, 3.8) is 0 Å². The molecule has 0 aliphatic rings. The number of thiazole rings is 1. The second kappa shape index (κ2) is 12.0. The molecule has 0 bridgehead atoms. The Morgan fingerprint density at radius 1 is 1.11 bits per heavy atom. The molecule has 2 heterocycles. The standard InChI is InChI=1S/C29H34ClN5OS/c1-19(2)26(35(15-9-14-31)29(36)27-20(3)32-21(4)37-27)28-33-25(23-12-8-13-24(30)16-23)18-34(28)17-22-10-6-5-7-11-22/h5-8,10-13,16,18-19,26H,9,14-15,17,31H2,1-4H3/t26-/m1/s1. The summed E-state index contributed by atoms with van der Waals surface area (Å²) >= 11 is 7.76. The van der Waals surface area contributed by atoms with Crippen molar-refractivity contribution < 1.29 is 4.79 Å². The monoisotopic (exact) mass is 535 g/mol. The van der Waals surface area contributed by atoms with Crippen LogP contribution in [0.25, 0.3) is 11.3 Å². The first-order valence-electron chi connectivity index (χ1n) is 12.6. The quantitative estimate of drug-likeness (QED) is 0.251. The molecule has 0 fully saturated rings. The summed E-state index contributed by atoms with van der Waals surface area (Å²) in [5.74, 6) is 0.937. The van der Waals surface area contributed by atoms with Crippen molar-refractivity contribution in [3.8, 4) is 11.3 Å². The molecule has 4 aromatic rings. The smallest absolute Gasteiger partial charge is 0.266 e. The number of benzene rings is 2. The molecule has 0 spiro atoms. The molecule has 8 heteroatoms. The van der Waals surface area contributed by atoms with Crippen molar-refractivity contribution in [2.24, 2.45) is 11.7 Å². The van der Waals surface area contributed by atoms with E-state index in [1.54, 1.807) is 0 Å². The third-order valence-corrected chi connectivity index (χ3v) is 7.61. The summed E-state index contributed by atoms with van der Waals surface area (Å²) in [7, 11) is 0. The lowest BCUT2D eigenvalue weighted by Gasteiger charge is -2.34. The number of carbonyl (C=O) groups excluding carboxylic acids is 1. The number of hydrogen-bond acceptors (Lipinski definition) is 5. The van der Waals surface area contributed by atoms with Gasteiger partial charge in [-0.1, -0.05) is 67.9 Å². The van der Waals surface area contributed by atoms with Gasteiger partial charge < -0.3 is 15.2 Å². The maximum Gasteiger partial charge on any atom is 0.266 e. The third-order valence-electron chi connectivity index (χ3n) is 6.32. The second-order valence-corrected chi connectivity index (χ2v) is 11.2. The molecule has 0 saturated carbocycles. The molecule has 2 N–H and O–H groups in total. The van der Waals surface area contributed by atoms with E-state index >= 15 is 0 Å². The number of aryl methyl sites for hydroxylation is 2. The zero-order valence-electron chi connectivity index (χ0n) is 21.8. The van der Waals surface area contributed by atoms with Crippen LogP contribution in [-0.2, 0) is 6.54 Å². The van der Waals surface area contributed by atoms with Crippen LogP contribution in [0.3, 0.4) is 0 Å². The number of nitrogens with zero attached hydrogens (tertiary/aromatic N) is 4. The average molecular weight is 536 g/mol. The van der Waals surface area contributed by atoms with Crippen LogP contribution in [0.1, 0.15) is 58.1 Å². The van der Waals surface area contributed by atoms with Crippen molar-refractivity contribution >= 4 is 28.8 Å². The third kappa shape index (κ3) is 6.29. The summed E-state index contributed by atoms with van der Waals surface area (Å²) in [6.07, 6.45) is 2.77. The molecule has 2 aromatic carbocycles. The SMILES string of the molecule is Cc1nc(C)c(C(=O)N(CCCN)[C@@H](c2nc(-c3cccc(Cl)c3)cn2Cc2ccccc2)C(C)C)s1. The van der Waals surface area contributed by atoms with E-state index in [-0.39, 0.29) is 17.9 Å². The molecule has 0 radical (unpaired) electrons. The molecular formula is C29H34ClN5OS. The topological polar surface area (TPSA) is 77.0 Å². The van der Waals surface area contributed by atoms with Crippen molar-refractivity contribution in [3.05, 3.63) is 92.8 Å². The number of halogens is 1. The summed E-state index contributed by atoms with van der Waals surface area (Å²) in [5, 5.41) is 1.54. The minimum Gasteiger partial charge on any atom is -0.330 e. The molecule has 0 unspecified atom stereocenters. The Hall–Kier alpha value is -3.00. The summed E-state index contributed by atoms with van der Waals surface area (Å²) in [4.78, 5) is 26.3. The lowest BCUT2D eigenvalue weighted by molar-refractivity contribution is 0.0608. The molecule has 1 atom stereocenters. The van der Waals surface area contributed by atoms with E-state index < -0.39 is 0 Å².